The Morgan fingerprint density at radius 1 is 1.15 bits per heavy atom. The summed E-state index contributed by atoms with van der Waals surface area (Å²) in [5.41, 5.74) is 0. The highest BCUT2D eigenvalue weighted by atomic mass is 17.2. The third kappa shape index (κ3) is 6.65. The minimum atomic E-state index is -0.759. The minimum Gasteiger partial charge on any atom is -0.481 e. The number of unbranched alkanes of at least 4 members (excludes halogenated alkanes) is 5. The Morgan fingerprint density at radius 2 is 1.88 bits per heavy atom. The van der Waals surface area contributed by atoms with Crippen LogP contribution in [0.3, 0.4) is 0 Å². The van der Waals surface area contributed by atoms with E-state index in [0.717, 1.165) is 32.1 Å². The lowest BCUT2D eigenvalue weighted by Crippen LogP contribution is -2.29. The summed E-state index contributed by atoms with van der Waals surface area (Å²) in [6, 6.07) is 0. The molecule has 1 saturated carbocycles. The van der Waals surface area contributed by atoms with Crippen LogP contribution in [0, 0.1) is 11.8 Å². The Balaban J connectivity index is 1.76. The Labute approximate surface area is 156 Å². The van der Waals surface area contributed by atoms with Gasteiger partial charge >= 0.3 is 5.97 Å². The predicted molar refractivity (Wildman–Crippen MR) is 97.5 cm³/mol. The van der Waals surface area contributed by atoms with Gasteiger partial charge in [0.1, 0.15) is 12.2 Å². The first kappa shape index (κ1) is 21.4. The lowest BCUT2D eigenvalue weighted by atomic mass is 9.87. The molecule has 1 unspecified atom stereocenters. The maximum Gasteiger partial charge on any atom is 0.303 e. The molecular weight excluding hydrogens is 336 g/mol. The second-order valence-corrected chi connectivity index (χ2v) is 7.62. The number of rotatable bonds is 14. The summed E-state index contributed by atoms with van der Waals surface area (Å²) in [5, 5.41) is 18.0. The highest BCUT2D eigenvalue weighted by molar-refractivity contribution is 5.66. The third-order valence-corrected chi connectivity index (χ3v) is 5.62. The molecular formula is C20H34O6. The molecule has 1 aliphatic carbocycles. The fourth-order valence-corrected chi connectivity index (χ4v) is 4.14. The summed E-state index contributed by atoms with van der Waals surface area (Å²) in [4.78, 5) is 26.1. The molecule has 2 rings (SSSR count). The zero-order valence-corrected chi connectivity index (χ0v) is 15.8. The number of aliphatic carboxylic acids is 1. The molecule has 26 heavy (non-hydrogen) atoms. The lowest BCUT2D eigenvalue weighted by Gasteiger charge is -2.28. The van der Waals surface area contributed by atoms with E-state index in [1.807, 2.05) is 6.08 Å². The molecule has 6 heteroatoms. The fourth-order valence-electron chi connectivity index (χ4n) is 4.14. The molecule has 2 bridgehead atoms. The average Bonchev–Trinajstić information content (AvgIpc) is 3.22. The largest absolute Gasteiger partial charge is 0.481 e. The van der Waals surface area contributed by atoms with Crippen LogP contribution < -0.4 is 0 Å². The van der Waals surface area contributed by atoms with E-state index in [4.69, 9.17) is 20.1 Å². The lowest BCUT2D eigenvalue weighted by molar-refractivity contribution is -0.337. The second-order valence-electron chi connectivity index (χ2n) is 7.62. The summed E-state index contributed by atoms with van der Waals surface area (Å²) in [6.45, 7) is 2.21. The Hall–Kier alpha value is -0.950. The molecule has 2 aliphatic rings. The maximum absolute atomic E-state index is 10.7. The van der Waals surface area contributed by atoms with Gasteiger partial charge in [-0.1, -0.05) is 57.6 Å². The van der Waals surface area contributed by atoms with Crippen molar-refractivity contribution in [2.75, 3.05) is 0 Å². The molecule has 6 nitrogen and oxygen atoms in total. The molecule has 5 atom stereocenters. The standard InChI is InChI=1S/C20H34O6/c1-2-3-4-5-6-7-9-15(24-23)12-13-17-16(10-8-11-20(21)22)18-14-19(17)26-25-18/h12-13,15-19,23H,2-11,14H2,1H3,(H,21,22)/t15?,16-,17-,18-,19-/m1/s1. The molecule has 150 valence electrons. The van der Waals surface area contributed by atoms with Gasteiger partial charge in [-0.25, -0.2) is 14.7 Å². The summed E-state index contributed by atoms with van der Waals surface area (Å²) >= 11 is 0. The van der Waals surface area contributed by atoms with Crippen molar-refractivity contribution in [3.8, 4) is 0 Å². The molecule has 1 aliphatic heterocycles. The Bertz CT molecular complexity index is 438. The summed E-state index contributed by atoms with van der Waals surface area (Å²) in [7, 11) is 0. The molecule has 1 heterocycles. The van der Waals surface area contributed by atoms with Crippen molar-refractivity contribution in [1.82, 2.24) is 0 Å². The van der Waals surface area contributed by atoms with E-state index < -0.39 is 5.97 Å². The number of hydrogen-bond donors (Lipinski definition) is 2. The van der Waals surface area contributed by atoms with Crippen LogP contribution >= 0.6 is 0 Å². The van der Waals surface area contributed by atoms with Gasteiger partial charge in [0.05, 0.1) is 6.10 Å². The summed E-state index contributed by atoms with van der Waals surface area (Å²) in [5.74, 6) is -0.285. The monoisotopic (exact) mass is 370 g/mol. The number of carboxylic acid groups (broad SMARTS) is 1. The first-order chi connectivity index (χ1) is 12.7. The van der Waals surface area contributed by atoms with Crippen LogP contribution in [0.4, 0.5) is 0 Å². The van der Waals surface area contributed by atoms with E-state index in [-0.39, 0.29) is 36.6 Å². The number of fused-ring (bicyclic) bond motifs is 2. The van der Waals surface area contributed by atoms with E-state index in [9.17, 15) is 4.79 Å². The highest BCUT2D eigenvalue weighted by Gasteiger charge is 2.49. The van der Waals surface area contributed by atoms with Crippen molar-refractivity contribution in [3.05, 3.63) is 12.2 Å². The first-order valence-electron chi connectivity index (χ1n) is 10.2. The van der Waals surface area contributed by atoms with Crippen molar-refractivity contribution in [1.29, 1.82) is 0 Å². The van der Waals surface area contributed by atoms with Gasteiger partial charge in [-0.2, -0.15) is 0 Å². The number of carbonyl (C=O) groups is 1. The third-order valence-electron chi connectivity index (χ3n) is 5.62. The summed E-state index contributed by atoms with van der Waals surface area (Å²) in [6.07, 6.45) is 14.4. The first-order valence-corrected chi connectivity index (χ1v) is 10.2. The van der Waals surface area contributed by atoms with Gasteiger partial charge in [0.2, 0.25) is 0 Å². The zero-order chi connectivity index (χ0) is 18.8. The van der Waals surface area contributed by atoms with Crippen molar-refractivity contribution in [2.24, 2.45) is 11.8 Å². The Kier molecular flexibility index (Phi) is 9.61. The van der Waals surface area contributed by atoms with Crippen LogP contribution in [0.2, 0.25) is 0 Å². The quantitative estimate of drug-likeness (QED) is 0.199. The van der Waals surface area contributed by atoms with Gasteiger partial charge in [0, 0.05) is 18.8 Å². The van der Waals surface area contributed by atoms with E-state index in [1.165, 1.54) is 25.7 Å². The van der Waals surface area contributed by atoms with E-state index in [2.05, 4.69) is 17.9 Å². The van der Waals surface area contributed by atoms with E-state index in [1.54, 1.807) is 0 Å². The molecule has 0 aromatic rings. The van der Waals surface area contributed by atoms with Crippen molar-refractivity contribution < 1.29 is 29.8 Å². The van der Waals surface area contributed by atoms with Crippen LogP contribution in [0.5, 0.6) is 0 Å². The molecule has 0 amide bonds. The molecule has 0 aromatic carbocycles. The van der Waals surface area contributed by atoms with Crippen LogP contribution in [0.15, 0.2) is 12.2 Å². The molecule has 0 spiro atoms. The molecule has 0 radical (unpaired) electrons. The second kappa shape index (κ2) is 11.7. The molecule has 0 aromatic heterocycles. The maximum atomic E-state index is 10.7. The van der Waals surface area contributed by atoms with Crippen molar-refractivity contribution >= 4 is 5.97 Å². The van der Waals surface area contributed by atoms with Gasteiger partial charge in [0.15, 0.2) is 0 Å². The molecule has 2 N–H and O–H groups in total. The average molecular weight is 370 g/mol. The summed E-state index contributed by atoms with van der Waals surface area (Å²) < 4.78 is 0. The smallest absolute Gasteiger partial charge is 0.303 e. The molecule has 2 fully saturated rings. The van der Waals surface area contributed by atoms with Gasteiger partial charge in [0.25, 0.3) is 0 Å². The predicted octanol–water partition coefficient (Wildman–Crippen LogP) is 4.74. The van der Waals surface area contributed by atoms with E-state index >= 15 is 0 Å². The van der Waals surface area contributed by atoms with E-state index in [0.29, 0.717) is 6.42 Å². The van der Waals surface area contributed by atoms with Crippen molar-refractivity contribution in [2.45, 2.75) is 95.9 Å². The topological polar surface area (TPSA) is 85.2 Å². The SMILES string of the molecule is CCCCCCCCC(C=C[C@@H]1[C@@H](CCCC(=O)O)[C@H]2C[C@H]1OO2)OO. The van der Waals surface area contributed by atoms with Crippen molar-refractivity contribution in [3.63, 3.8) is 0 Å². The highest BCUT2D eigenvalue weighted by Crippen LogP contribution is 2.45. The van der Waals surface area contributed by atoms with Crippen LogP contribution in [0.1, 0.15) is 77.6 Å². The number of hydrogen-bond acceptors (Lipinski definition) is 5. The van der Waals surface area contributed by atoms with Crippen LogP contribution in [-0.2, 0) is 19.5 Å². The Morgan fingerprint density at radius 3 is 2.62 bits per heavy atom. The van der Waals surface area contributed by atoms with Gasteiger partial charge in [-0.05, 0) is 25.2 Å². The van der Waals surface area contributed by atoms with Crippen LogP contribution in [0.25, 0.3) is 0 Å². The van der Waals surface area contributed by atoms with Gasteiger partial charge in [-0.15, -0.1) is 0 Å². The minimum absolute atomic E-state index is 0.0273. The normalized spacial score (nSPS) is 28.8. The molecule has 1 saturated heterocycles. The number of carboxylic acids is 1. The van der Waals surface area contributed by atoms with Crippen LogP contribution in [-0.4, -0.2) is 34.6 Å². The van der Waals surface area contributed by atoms with Gasteiger partial charge < -0.3 is 5.11 Å². The zero-order valence-electron chi connectivity index (χ0n) is 15.8. The van der Waals surface area contributed by atoms with Gasteiger partial charge in [-0.3, -0.25) is 10.1 Å². The fraction of sp³-hybridized carbons (Fsp3) is 0.850.